The first kappa shape index (κ1) is 20.0. The Morgan fingerprint density at radius 2 is 2.00 bits per heavy atom. The summed E-state index contributed by atoms with van der Waals surface area (Å²) in [6.07, 6.45) is 0.849. The molecular weight excluding hydrogens is 358 g/mol. The maximum Gasteiger partial charge on any atom is 0.242 e. The van der Waals surface area contributed by atoms with Crippen molar-refractivity contribution in [1.82, 2.24) is 15.1 Å². The van der Waals surface area contributed by atoms with Crippen LogP contribution in [0.3, 0.4) is 0 Å². The molecule has 1 aliphatic heterocycles. The predicted molar refractivity (Wildman–Crippen MR) is 97.7 cm³/mol. The number of carbonyl (C=O) groups is 3. The standard InChI is InChI=1S/C18H24ClN3O4/c1-11(5-15(17(24)20-2)21(3)10-23)18(25)22-8-12-6-14(19)16(26-4)7-13(12)9-22/h6-7,10-11,15H,5,8-9H2,1-4H3,(H,20,24). The van der Waals surface area contributed by atoms with E-state index in [4.69, 9.17) is 16.3 Å². The van der Waals surface area contributed by atoms with Crippen LogP contribution in [0.2, 0.25) is 5.02 Å². The summed E-state index contributed by atoms with van der Waals surface area (Å²) in [6.45, 7) is 2.71. The van der Waals surface area contributed by atoms with Crippen LogP contribution >= 0.6 is 11.6 Å². The van der Waals surface area contributed by atoms with E-state index in [0.29, 0.717) is 30.3 Å². The van der Waals surface area contributed by atoms with Gasteiger partial charge in [0.2, 0.25) is 18.2 Å². The number of ether oxygens (including phenoxy) is 1. The molecule has 2 rings (SSSR count). The average Bonchev–Trinajstić information content (AvgIpc) is 3.05. The van der Waals surface area contributed by atoms with E-state index in [-0.39, 0.29) is 18.2 Å². The summed E-state index contributed by atoms with van der Waals surface area (Å²) in [5.74, 6) is -0.184. The molecule has 142 valence electrons. The van der Waals surface area contributed by atoms with E-state index >= 15 is 0 Å². The molecule has 3 amide bonds. The molecule has 7 nitrogen and oxygen atoms in total. The van der Waals surface area contributed by atoms with Crippen LogP contribution in [0.25, 0.3) is 0 Å². The van der Waals surface area contributed by atoms with Crippen molar-refractivity contribution >= 4 is 29.8 Å². The third-order valence-electron chi connectivity index (χ3n) is 4.71. The zero-order valence-corrected chi connectivity index (χ0v) is 16.2. The van der Waals surface area contributed by atoms with Gasteiger partial charge in [-0.1, -0.05) is 18.5 Å². The first-order chi connectivity index (χ1) is 12.3. The van der Waals surface area contributed by atoms with Gasteiger partial charge in [0.05, 0.1) is 12.1 Å². The van der Waals surface area contributed by atoms with E-state index in [1.54, 1.807) is 18.9 Å². The number of carbonyl (C=O) groups excluding carboxylic acids is 3. The molecule has 0 aliphatic carbocycles. The largest absolute Gasteiger partial charge is 0.495 e. The minimum atomic E-state index is -0.684. The Bertz CT molecular complexity index is 710. The first-order valence-corrected chi connectivity index (χ1v) is 8.73. The highest BCUT2D eigenvalue weighted by molar-refractivity contribution is 6.32. The Morgan fingerprint density at radius 1 is 1.38 bits per heavy atom. The van der Waals surface area contributed by atoms with Crippen LogP contribution in [-0.4, -0.2) is 55.3 Å². The average molecular weight is 382 g/mol. The lowest BCUT2D eigenvalue weighted by Gasteiger charge is -2.27. The number of nitrogens with zero attached hydrogens (tertiary/aromatic N) is 2. The second-order valence-electron chi connectivity index (χ2n) is 6.49. The van der Waals surface area contributed by atoms with Gasteiger partial charge >= 0.3 is 0 Å². The number of benzene rings is 1. The van der Waals surface area contributed by atoms with Gasteiger partial charge < -0.3 is 19.9 Å². The maximum absolute atomic E-state index is 12.8. The number of amides is 3. The molecule has 2 unspecified atom stereocenters. The molecule has 1 aromatic carbocycles. The first-order valence-electron chi connectivity index (χ1n) is 8.35. The van der Waals surface area contributed by atoms with Crippen LogP contribution < -0.4 is 10.1 Å². The van der Waals surface area contributed by atoms with Crippen LogP contribution in [0.1, 0.15) is 24.5 Å². The van der Waals surface area contributed by atoms with E-state index in [1.807, 2.05) is 12.1 Å². The number of likely N-dealkylation sites (N-methyl/N-ethyl adjacent to an activating group) is 2. The van der Waals surface area contributed by atoms with Gasteiger partial charge in [0.15, 0.2) is 0 Å². The van der Waals surface area contributed by atoms with Crippen LogP contribution in [0.15, 0.2) is 12.1 Å². The Hall–Kier alpha value is -2.28. The number of hydrogen-bond acceptors (Lipinski definition) is 4. The highest BCUT2D eigenvalue weighted by Crippen LogP contribution is 2.33. The second-order valence-corrected chi connectivity index (χ2v) is 6.89. The molecule has 1 heterocycles. The highest BCUT2D eigenvalue weighted by Gasteiger charge is 2.32. The minimum absolute atomic E-state index is 0.0653. The van der Waals surface area contributed by atoms with Crippen molar-refractivity contribution < 1.29 is 19.1 Å². The van der Waals surface area contributed by atoms with Gasteiger partial charge in [-0.3, -0.25) is 14.4 Å². The van der Waals surface area contributed by atoms with Gasteiger partial charge in [-0.2, -0.15) is 0 Å². The molecule has 0 aromatic heterocycles. The van der Waals surface area contributed by atoms with Gasteiger partial charge in [0.1, 0.15) is 11.8 Å². The third kappa shape index (κ3) is 4.09. The molecule has 2 atom stereocenters. The van der Waals surface area contributed by atoms with Crippen molar-refractivity contribution in [2.75, 3.05) is 21.2 Å². The van der Waals surface area contributed by atoms with E-state index in [1.165, 1.54) is 19.0 Å². The summed E-state index contributed by atoms with van der Waals surface area (Å²) in [4.78, 5) is 38.9. The summed E-state index contributed by atoms with van der Waals surface area (Å²) in [6, 6.07) is 2.99. The Labute approximate surface area is 158 Å². The molecule has 26 heavy (non-hydrogen) atoms. The van der Waals surface area contributed by atoms with Crippen LogP contribution in [0, 0.1) is 5.92 Å². The number of fused-ring (bicyclic) bond motifs is 1. The van der Waals surface area contributed by atoms with Crippen molar-refractivity contribution in [1.29, 1.82) is 0 Å². The molecule has 0 saturated heterocycles. The van der Waals surface area contributed by atoms with Gasteiger partial charge in [0.25, 0.3) is 0 Å². The summed E-state index contributed by atoms with van der Waals surface area (Å²) < 4.78 is 5.23. The number of rotatable bonds is 7. The Kier molecular flexibility index (Phi) is 6.47. The molecule has 0 spiro atoms. The molecule has 1 N–H and O–H groups in total. The number of nitrogens with one attached hydrogen (secondary N) is 1. The molecule has 0 bridgehead atoms. The summed E-state index contributed by atoms with van der Waals surface area (Å²) in [5, 5.41) is 3.05. The molecule has 1 aliphatic rings. The van der Waals surface area contributed by atoms with Gasteiger partial charge in [-0.05, 0) is 29.7 Å². The van der Waals surface area contributed by atoms with Gasteiger partial charge in [-0.15, -0.1) is 0 Å². The Balaban J connectivity index is 2.09. The molecular formula is C18H24ClN3O4. The quantitative estimate of drug-likeness (QED) is 0.724. The van der Waals surface area contributed by atoms with Crippen LogP contribution in [-0.2, 0) is 27.5 Å². The SMILES string of the molecule is CNC(=O)C(CC(C)C(=O)N1Cc2cc(Cl)c(OC)cc2C1)N(C)C=O. The van der Waals surface area contributed by atoms with E-state index in [9.17, 15) is 14.4 Å². The van der Waals surface area contributed by atoms with E-state index in [2.05, 4.69) is 5.32 Å². The van der Waals surface area contributed by atoms with Crippen molar-refractivity contribution in [2.45, 2.75) is 32.5 Å². The lowest BCUT2D eigenvalue weighted by molar-refractivity contribution is -0.138. The summed E-state index contributed by atoms with van der Waals surface area (Å²) >= 11 is 6.16. The van der Waals surface area contributed by atoms with Crippen molar-refractivity contribution in [3.05, 3.63) is 28.3 Å². The monoisotopic (exact) mass is 381 g/mol. The zero-order chi connectivity index (χ0) is 19.4. The smallest absolute Gasteiger partial charge is 0.242 e. The normalized spacial score (nSPS) is 15.0. The minimum Gasteiger partial charge on any atom is -0.495 e. The van der Waals surface area contributed by atoms with Crippen LogP contribution in [0.4, 0.5) is 0 Å². The third-order valence-corrected chi connectivity index (χ3v) is 5.01. The molecule has 1 aromatic rings. The van der Waals surface area contributed by atoms with Crippen molar-refractivity contribution in [3.8, 4) is 5.75 Å². The fourth-order valence-electron chi connectivity index (χ4n) is 3.16. The van der Waals surface area contributed by atoms with Gasteiger partial charge in [-0.25, -0.2) is 0 Å². The summed E-state index contributed by atoms with van der Waals surface area (Å²) in [7, 11) is 4.59. The predicted octanol–water partition coefficient (Wildman–Crippen LogP) is 1.42. The second kappa shape index (κ2) is 8.40. The topological polar surface area (TPSA) is 79.0 Å². The van der Waals surface area contributed by atoms with E-state index in [0.717, 1.165) is 11.1 Å². The zero-order valence-electron chi connectivity index (χ0n) is 15.4. The Morgan fingerprint density at radius 3 is 2.54 bits per heavy atom. The summed E-state index contributed by atoms with van der Waals surface area (Å²) in [5.41, 5.74) is 1.99. The molecule has 0 fully saturated rings. The fourth-order valence-corrected chi connectivity index (χ4v) is 3.42. The molecule has 0 radical (unpaired) electrons. The number of halogens is 1. The fraction of sp³-hybridized carbons (Fsp3) is 0.500. The maximum atomic E-state index is 12.8. The number of methoxy groups -OCH3 is 1. The molecule has 8 heteroatoms. The van der Waals surface area contributed by atoms with Crippen molar-refractivity contribution in [2.24, 2.45) is 5.92 Å². The van der Waals surface area contributed by atoms with Crippen molar-refractivity contribution in [3.63, 3.8) is 0 Å². The lowest BCUT2D eigenvalue weighted by atomic mass is 9.99. The van der Waals surface area contributed by atoms with Crippen LogP contribution in [0.5, 0.6) is 5.75 Å². The van der Waals surface area contributed by atoms with Gasteiger partial charge in [0, 0.05) is 33.1 Å². The number of hydrogen-bond donors (Lipinski definition) is 1. The van der Waals surface area contributed by atoms with E-state index < -0.39 is 12.0 Å². The lowest BCUT2D eigenvalue weighted by Crippen LogP contribution is -2.46. The molecule has 0 saturated carbocycles. The highest BCUT2D eigenvalue weighted by atomic mass is 35.5.